The molecule has 0 aromatic heterocycles. The van der Waals surface area contributed by atoms with Gasteiger partial charge in [-0.1, -0.05) is 18.5 Å². The molecule has 8 heavy (non-hydrogen) atoms. The van der Waals surface area contributed by atoms with Crippen LogP contribution >= 0.6 is 11.6 Å². The number of hydrogen-bond acceptors (Lipinski definition) is 1. The van der Waals surface area contributed by atoms with Crippen LogP contribution in [-0.4, -0.2) is 12.2 Å². The van der Waals surface area contributed by atoms with Crippen molar-refractivity contribution in [2.24, 2.45) is 5.92 Å². The Hall–Kier alpha value is 0.250. The maximum Gasteiger partial charge on any atom is 0.131 e. The first-order valence-electron chi connectivity index (χ1n) is 3.04. The summed E-state index contributed by atoms with van der Waals surface area (Å²) in [4.78, 5) is 0. The Balaban J connectivity index is 2.19. The van der Waals surface area contributed by atoms with Crippen LogP contribution in [0.2, 0.25) is 0 Å². The Kier molecular flexibility index (Phi) is 2.15. The summed E-state index contributed by atoms with van der Waals surface area (Å²) < 4.78 is 5.16. The number of halogens is 1. The summed E-state index contributed by atoms with van der Waals surface area (Å²) in [5.41, 5.74) is -0.00815. The normalized spacial score (nSPS) is 39.8. The van der Waals surface area contributed by atoms with Crippen molar-refractivity contribution in [2.45, 2.75) is 25.3 Å². The van der Waals surface area contributed by atoms with Crippen LogP contribution in [-0.2, 0) is 4.74 Å². The van der Waals surface area contributed by atoms with Crippen LogP contribution in [0.3, 0.4) is 0 Å². The smallest absolute Gasteiger partial charge is 0.131 e. The number of rotatable bonds is 0. The Morgan fingerprint density at radius 2 is 2.25 bits per heavy atom. The van der Waals surface area contributed by atoms with E-state index < -0.39 is 0 Å². The van der Waals surface area contributed by atoms with Crippen molar-refractivity contribution in [3.05, 3.63) is 0 Å². The third-order valence-corrected chi connectivity index (χ3v) is 1.79. The van der Waals surface area contributed by atoms with Gasteiger partial charge < -0.3 is 4.74 Å². The summed E-state index contributed by atoms with van der Waals surface area (Å²) in [5, 5.41) is 0. The lowest BCUT2D eigenvalue weighted by Gasteiger charge is -2.21. The number of alkyl halides is 1. The molecule has 0 aromatic carbocycles. The Morgan fingerprint density at radius 1 is 1.50 bits per heavy atom. The van der Waals surface area contributed by atoms with E-state index in [1.807, 2.05) is 0 Å². The topological polar surface area (TPSA) is 9.23 Å². The molecule has 0 aliphatic carbocycles. The zero-order valence-electron chi connectivity index (χ0n) is 5.06. The van der Waals surface area contributed by atoms with Crippen molar-refractivity contribution in [1.82, 2.24) is 0 Å². The lowest BCUT2D eigenvalue weighted by atomic mass is 10.1. The summed E-state index contributed by atoms with van der Waals surface area (Å²) in [6.07, 6.45) is 2.23. The van der Waals surface area contributed by atoms with Gasteiger partial charge in [0.05, 0.1) is 6.61 Å². The molecule has 0 aromatic rings. The highest BCUT2D eigenvalue weighted by molar-refractivity contribution is 6.19. The summed E-state index contributed by atoms with van der Waals surface area (Å²) in [6, 6.07) is 0. The van der Waals surface area contributed by atoms with Crippen LogP contribution in [0.5, 0.6) is 0 Å². The molecule has 0 spiro atoms. The van der Waals surface area contributed by atoms with Crippen LogP contribution in [0.1, 0.15) is 19.8 Å². The van der Waals surface area contributed by atoms with Gasteiger partial charge in [0, 0.05) is 0 Å². The predicted molar refractivity (Wildman–Crippen MR) is 34.0 cm³/mol. The summed E-state index contributed by atoms with van der Waals surface area (Å²) >= 11 is 5.66. The minimum atomic E-state index is -0.00815. The Bertz CT molecular complexity index is 56.9. The second kappa shape index (κ2) is 2.70. The van der Waals surface area contributed by atoms with Gasteiger partial charge in [0.2, 0.25) is 0 Å². The summed E-state index contributed by atoms with van der Waals surface area (Å²) in [5.74, 6) is 0.713. The molecule has 0 saturated carbocycles. The quantitative estimate of drug-likeness (QED) is 0.461. The van der Waals surface area contributed by atoms with E-state index in [0.29, 0.717) is 5.92 Å². The molecule has 0 N–H and O–H groups in total. The van der Waals surface area contributed by atoms with E-state index in [0.717, 1.165) is 13.0 Å². The molecular weight excluding hydrogens is 124 g/mol. The van der Waals surface area contributed by atoms with Gasteiger partial charge in [-0.2, -0.15) is 0 Å². The van der Waals surface area contributed by atoms with Gasteiger partial charge in [0.1, 0.15) is 5.56 Å². The van der Waals surface area contributed by atoms with E-state index in [4.69, 9.17) is 16.3 Å². The molecule has 1 aliphatic heterocycles. The summed E-state index contributed by atoms with van der Waals surface area (Å²) in [7, 11) is 0. The predicted octanol–water partition coefficient (Wildman–Crippen LogP) is 2.00. The van der Waals surface area contributed by atoms with Crippen molar-refractivity contribution in [1.29, 1.82) is 0 Å². The monoisotopic (exact) mass is 134 g/mol. The van der Waals surface area contributed by atoms with E-state index >= 15 is 0 Å². The lowest BCUT2D eigenvalue weighted by Crippen LogP contribution is -2.19. The fourth-order valence-corrected chi connectivity index (χ4v) is 1.05. The molecule has 1 saturated heterocycles. The second-order valence-electron chi connectivity index (χ2n) is 2.43. The molecule has 1 nitrogen and oxygen atoms in total. The minimum absolute atomic E-state index is 0.00815. The van der Waals surface area contributed by atoms with Gasteiger partial charge in [-0.05, 0) is 18.8 Å². The van der Waals surface area contributed by atoms with Crippen LogP contribution in [0.15, 0.2) is 0 Å². The minimum Gasteiger partial charge on any atom is -0.362 e. The van der Waals surface area contributed by atoms with Gasteiger partial charge in [-0.15, -0.1) is 0 Å². The van der Waals surface area contributed by atoms with Crippen LogP contribution in [0, 0.1) is 5.92 Å². The highest BCUT2D eigenvalue weighted by Gasteiger charge is 2.15. The van der Waals surface area contributed by atoms with Gasteiger partial charge >= 0.3 is 0 Å². The van der Waals surface area contributed by atoms with Crippen LogP contribution in [0.25, 0.3) is 0 Å². The van der Waals surface area contributed by atoms with E-state index in [1.54, 1.807) is 0 Å². The SMILES string of the molecule is CC1CCC(Cl)OC1. The maximum absolute atomic E-state index is 5.66. The maximum atomic E-state index is 5.66. The largest absolute Gasteiger partial charge is 0.362 e. The second-order valence-corrected chi connectivity index (χ2v) is 2.91. The number of ether oxygens (including phenoxy) is 1. The van der Waals surface area contributed by atoms with Gasteiger partial charge in [-0.3, -0.25) is 0 Å². The molecule has 2 atom stereocenters. The first kappa shape index (κ1) is 6.37. The molecule has 2 unspecified atom stereocenters. The van der Waals surface area contributed by atoms with Crippen molar-refractivity contribution < 1.29 is 4.74 Å². The van der Waals surface area contributed by atoms with Crippen molar-refractivity contribution in [3.8, 4) is 0 Å². The summed E-state index contributed by atoms with van der Waals surface area (Å²) in [6.45, 7) is 3.02. The average molecular weight is 135 g/mol. The zero-order chi connectivity index (χ0) is 5.98. The highest BCUT2D eigenvalue weighted by atomic mass is 35.5. The third kappa shape index (κ3) is 1.64. The van der Waals surface area contributed by atoms with Crippen molar-refractivity contribution >= 4 is 11.6 Å². The lowest BCUT2D eigenvalue weighted by molar-refractivity contribution is 0.0356. The molecule has 0 radical (unpaired) electrons. The standard InChI is InChI=1S/C6H11ClO/c1-5-2-3-6(7)8-4-5/h5-6H,2-4H2,1H3. The molecule has 2 heteroatoms. The van der Waals surface area contributed by atoms with Crippen molar-refractivity contribution in [2.75, 3.05) is 6.61 Å². The first-order chi connectivity index (χ1) is 3.79. The van der Waals surface area contributed by atoms with E-state index in [1.165, 1.54) is 6.42 Å². The molecule has 48 valence electrons. The fourth-order valence-electron chi connectivity index (χ4n) is 0.851. The molecule has 0 amide bonds. The van der Waals surface area contributed by atoms with Crippen molar-refractivity contribution in [3.63, 3.8) is 0 Å². The fraction of sp³-hybridized carbons (Fsp3) is 1.00. The van der Waals surface area contributed by atoms with Gasteiger partial charge in [0.15, 0.2) is 0 Å². The highest BCUT2D eigenvalue weighted by Crippen LogP contribution is 2.19. The molecule has 1 heterocycles. The van der Waals surface area contributed by atoms with E-state index in [-0.39, 0.29) is 5.56 Å². The molecule has 1 rings (SSSR count). The average Bonchev–Trinajstić information content (AvgIpc) is 1.77. The van der Waals surface area contributed by atoms with Gasteiger partial charge in [0.25, 0.3) is 0 Å². The third-order valence-electron chi connectivity index (χ3n) is 1.45. The molecular formula is C6H11ClO. The van der Waals surface area contributed by atoms with Gasteiger partial charge in [-0.25, -0.2) is 0 Å². The van der Waals surface area contributed by atoms with E-state index in [9.17, 15) is 0 Å². The Labute approximate surface area is 55.0 Å². The molecule has 1 fully saturated rings. The number of hydrogen-bond donors (Lipinski definition) is 0. The molecule has 1 aliphatic rings. The molecule has 0 bridgehead atoms. The van der Waals surface area contributed by atoms with Crippen LogP contribution < -0.4 is 0 Å². The Morgan fingerprint density at radius 3 is 2.62 bits per heavy atom. The zero-order valence-corrected chi connectivity index (χ0v) is 5.82. The van der Waals surface area contributed by atoms with E-state index in [2.05, 4.69) is 6.92 Å². The first-order valence-corrected chi connectivity index (χ1v) is 3.48. The van der Waals surface area contributed by atoms with Crippen LogP contribution in [0.4, 0.5) is 0 Å².